The average molecular weight is 182 g/mol. The van der Waals surface area contributed by atoms with Crippen LogP contribution < -0.4 is 10.6 Å². The van der Waals surface area contributed by atoms with E-state index in [9.17, 15) is 4.79 Å². The molecule has 1 atom stereocenters. The lowest BCUT2D eigenvalue weighted by molar-refractivity contribution is -0.120. The molecule has 3 heteroatoms. The minimum Gasteiger partial charge on any atom is -0.356 e. The number of hydrogen-bond donors (Lipinski definition) is 2. The summed E-state index contributed by atoms with van der Waals surface area (Å²) in [5.74, 6) is 0.0768. The maximum Gasteiger partial charge on any atom is 0.223 e. The number of hydrogen-bond acceptors (Lipinski definition) is 2. The SMILES string of the molecule is C=CCC(=O)NCC[C@@H]1CCCN1. The van der Waals surface area contributed by atoms with Crippen molar-refractivity contribution in [2.45, 2.75) is 31.7 Å². The molecule has 1 aliphatic heterocycles. The minimum atomic E-state index is 0.0768. The van der Waals surface area contributed by atoms with Gasteiger partial charge in [-0.25, -0.2) is 0 Å². The highest BCUT2D eigenvalue weighted by Gasteiger charge is 2.13. The summed E-state index contributed by atoms with van der Waals surface area (Å²) in [4.78, 5) is 11.0. The van der Waals surface area contributed by atoms with Gasteiger partial charge in [0.25, 0.3) is 0 Å². The third kappa shape index (κ3) is 4.08. The van der Waals surface area contributed by atoms with E-state index in [0.29, 0.717) is 12.5 Å². The summed E-state index contributed by atoms with van der Waals surface area (Å²) in [6.07, 6.45) is 5.62. The molecule has 0 spiro atoms. The van der Waals surface area contributed by atoms with Gasteiger partial charge in [0.05, 0.1) is 0 Å². The summed E-state index contributed by atoms with van der Waals surface area (Å²) in [6.45, 7) is 5.43. The molecule has 0 aliphatic carbocycles. The van der Waals surface area contributed by atoms with Gasteiger partial charge in [-0.15, -0.1) is 6.58 Å². The Hall–Kier alpha value is -0.830. The summed E-state index contributed by atoms with van der Waals surface area (Å²) < 4.78 is 0. The van der Waals surface area contributed by atoms with Crippen molar-refractivity contribution in [1.82, 2.24) is 10.6 Å². The molecule has 1 saturated heterocycles. The number of rotatable bonds is 5. The Balaban J connectivity index is 1.99. The van der Waals surface area contributed by atoms with Gasteiger partial charge in [0.1, 0.15) is 0 Å². The summed E-state index contributed by atoms with van der Waals surface area (Å²) >= 11 is 0. The Kier molecular flexibility index (Phi) is 4.54. The quantitative estimate of drug-likeness (QED) is 0.618. The van der Waals surface area contributed by atoms with Crippen molar-refractivity contribution >= 4 is 5.91 Å². The van der Waals surface area contributed by atoms with Crippen LogP contribution in [0.5, 0.6) is 0 Å². The van der Waals surface area contributed by atoms with Gasteiger partial charge in [0, 0.05) is 19.0 Å². The maximum atomic E-state index is 11.0. The summed E-state index contributed by atoms with van der Waals surface area (Å²) in [5.41, 5.74) is 0. The molecule has 0 saturated carbocycles. The highest BCUT2D eigenvalue weighted by atomic mass is 16.1. The zero-order valence-corrected chi connectivity index (χ0v) is 8.01. The molecule has 1 aliphatic rings. The van der Waals surface area contributed by atoms with Gasteiger partial charge < -0.3 is 10.6 Å². The van der Waals surface area contributed by atoms with Crippen molar-refractivity contribution in [3.05, 3.63) is 12.7 Å². The van der Waals surface area contributed by atoms with E-state index in [2.05, 4.69) is 17.2 Å². The summed E-state index contributed by atoms with van der Waals surface area (Å²) in [5, 5.41) is 6.25. The molecule has 1 fully saturated rings. The van der Waals surface area contributed by atoms with Crippen molar-refractivity contribution in [1.29, 1.82) is 0 Å². The zero-order chi connectivity index (χ0) is 9.52. The molecular formula is C10H18N2O. The monoisotopic (exact) mass is 182 g/mol. The van der Waals surface area contributed by atoms with Gasteiger partial charge in [-0.05, 0) is 25.8 Å². The number of amides is 1. The molecule has 74 valence electrons. The van der Waals surface area contributed by atoms with Crippen molar-refractivity contribution < 1.29 is 4.79 Å². The van der Waals surface area contributed by atoms with Crippen LogP contribution in [0.3, 0.4) is 0 Å². The smallest absolute Gasteiger partial charge is 0.223 e. The molecule has 0 aromatic rings. The fraction of sp³-hybridized carbons (Fsp3) is 0.700. The first-order chi connectivity index (χ1) is 6.33. The molecule has 1 heterocycles. The van der Waals surface area contributed by atoms with Crippen molar-refractivity contribution in [2.24, 2.45) is 0 Å². The van der Waals surface area contributed by atoms with Crippen LogP contribution >= 0.6 is 0 Å². The maximum absolute atomic E-state index is 11.0. The van der Waals surface area contributed by atoms with Crippen LogP contribution in [-0.2, 0) is 4.79 Å². The van der Waals surface area contributed by atoms with E-state index in [1.165, 1.54) is 12.8 Å². The Labute approximate surface area is 79.6 Å². The van der Waals surface area contributed by atoms with E-state index < -0.39 is 0 Å². The molecule has 13 heavy (non-hydrogen) atoms. The minimum absolute atomic E-state index is 0.0768. The van der Waals surface area contributed by atoms with Crippen LogP contribution in [0, 0.1) is 0 Å². The number of carbonyl (C=O) groups is 1. The Bertz CT molecular complexity index is 174. The topological polar surface area (TPSA) is 41.1 Å². The second-order valence-electron chi connectivity index (χ2n) is 3.42. The molecule has 0 unspecified atom stereocenters. The molecule has 3 nitrogen and oxygen atoms in total. The molecule has 0 radical (unpaired) electrons. The molecule has 0 aromatic heterocycles. The molecule has 1 amide bonds. The van der Waals surface area contributed by atoms with Gasteiger partial charge in [0.2, 0.25) is 5.91 Å². The highest BCUT2D eigenvalue weighted by molar-refractivity contribution is 5.77. The second-order valence-corrected chi connectivity index (χ2v) is 3.42. The van der Waals surface area contributed by atoms with E-state index in [-0.39, 0.29) is 5.91 Å². The standard InChI is InChI=1S/C10H18N2O/c1-2-4-10(13)12-8-6-9-5-3-7-11-9/h2,9,11H,1,3-8H2,(H,12,13)/t9-/m0/s1. The van der Waals surface area contributed by atoms with Gasteiger partial charge >= 0.3 is 0 Å². The first kappa shape index (κ1) is 10.3. The average Bonchev–Trinajstić information content (AvgIpc) is 2.57. The van der Waals surface area contributed by atoms with Gasteiger partial charge in [-0.1, -0.05) is 6.08 Å². The van der Waals surface area contributed by atoms with E-state index in [0.717, 1.165) is 19.5 Å². The molecule has 2 N–H and O–H groups in total. The van der Waals surface area contributed by atoms with Crippen LogP contribution in [0.4, 0.5) is 0 Å². The van der Waals surface area contributed by atoms with Gasteiger partial charge in [-0.2, -0.15) is 0 Å². The van der Waals surface area contributed by atoms with Crippen molar-refractivity contribution in [3.63, 3.8) is 0 Å². The predicted octanol–water partition coefficient (Wildman–Crippen LogP) is 0.821. The van der Waals surface area contributed by atoms with Crippen molar-refractivity contribution in [2.75, 3.05) is 13.1 Å². The molecule has 0 aromatic carbocycles. The fourth-order valence-corrected chi connectivity index (χ4v) is 1.59. The Morgan fingerprint density at radius 1 is 1.69 bits per heavy atom. The van der Waals surface area contributed by atoms with Crippen LogP contribution in [-0.4, -0.2) is 25.0 Å². The first-order valence-corrected chi connectivity index (χ1v) is 4.94. The highest BCUT2D eigenvalue weighted by Crippen LogP contribution is 2.07. The van der Waals surface area contributed by atoms with Crippen LogP contribution in [0.25, 0.3) is 0 Å². The number of nitrogens with one attached hydrogen (secondary N) is 2. The van der Waals surface area contributed by atoms with Crippen LogP contribution in [0.15, 0.2) is 12.7 Å². The lowest BCUT2D eigenvalue weighted by atomic mass is 10.1. The zero-order valence-electron chi connectivity index (χ0n) is 8.01. The van der Waals surface area contributed by atoms with E-state index in [1.54, 1.807) is 6.08 Å². The molecular weight excluding hydrogens is 164 g/mol. The Morgan fingerprint density at radius 2 is 2.54 bits per heavy atom. The third-order valence-electron chi connectivity index (χ3n) is 2.31. The molecule has 0 bridgehead atoms. The van der Waals surface area contributed by atoms with Gasteiger partial charge in [0.15, 0.2) is 0 Å². The molecule has 1 rings (SSSR count). The van der Waals surface area contributed by atoms with E-state index in [1.807, 2.05) is 0 Å². The van der Waals surface area contributed by atoms with Crippen LogP contribution in [0.1, 0.15) is 25.7 Å². The normalized spacial score (nSPS) is 21.4. The predicted molar refractivity (Wildman–Crippen MR) is 53.5 cm³/mol. The van der Waals surface area contributed by atoms with Crippen LogP contribution in [0.2, 0.25) is 0 Å². The second kappa shape index (κ2) is 5.75. The van der Waals surface area contributed by atoms with E-state index >= 15 is 0 Å². The largest absolute Gasteiger partial charge is 0.356 e. The third-order valence-corrected chi connectivity index (χ3v) is 2.31. The van der Waals surface area contributed by atoms with Crippen molar-refractivity contribution in [3.8, 4) is 0 Å². The van der Waals surface area contributed by atoms with Gasteiger partial charge in [-0.3, -0.25) is 4.79 Å². The summed E-state index contributed by atoms with van der Waals surface area (Å²) in [6, 6.07) is 0.615. The lowest BCUT2D eigenvalue weighted by Crippen LogP contribution is -2.30. The summed E-state index contributed by atoms with van der Waals surface area (Å²) in [7, 11) is 0. The fourth-order valence-electron chi connectivity index (χ4n) is 1.59. The van der Waals surface area contributed by atoms with E-state index in [4.69, 9.17) is 0 Å². The first-order valence-electron chi connectivity index (χ1n) is 4.94. The Morgan fingerprint density at radius 3 is 3.15 bits per heavy atom. The number of carbonyl (C=O) groups excluding carboxylic acids is 1. The lowest BCUT2D eigenvalue weighted by Gasteiger charge is -2.09.